The Morgan fingerprint density at radius 3 is 2.71 bits per heavy atom. The number of hydrogen-bond donors (Lipinski definition) is 2. The highest BCUT2D eigenvalue weighted by Crippen LogP contribution is 2.19. The van der Waals surface area contributed by atoms with Gasteiger partial charge in [0.25, 0.3) is 0 Å². The fourth-order valence-corrected chi connectivity index (χ4v) is 2.22. The summed E-state index contributed by atoms with van der Waals surface area (Å²) in [6.45, 7) is 3.76. The van der Waals surface area contributed by atoms with Gasteiger partial charge in [0.1, 0.15) is 0 Å². The zero-order valence-corrected chi connectivity index (χ0v) is 12.6. The highest BCUT2D eigenvalue weighted by atomic mass is 32.2. The Hall–Kier alpha value is -2.00. The van der Waals surface area contributed by atoms with Crippen LogP contribution >= 0.6 is 11.8 Å². The number of aromatic amines is 1. The van der Waals surface area contributed by atoms with Crippen molar-refractivity contribution in [2.24, 2.45) is 7.05 Å². The number of aryl methyl sites for hydroxylation is 1. The molecule has 2 rings (SSSR count). The van der Waals surface area contributed by atoms with Crippen LogP contribution in [-0.4, -0.2) is 31.3 Å². The summed E-state index contributed by atoms with van der Waals surface area (Å²) in [7, 11) is 1.60. The molecule has 9 heteroatoms. The lowest BCUT2D eigenvalue weighted by Gasteiger charge is -2.05. The second-order valence-electron chi connectivity index (χ2n) is 4.35. The third kappa shape index (κ3) is 4.23. The number of nitrogens with zero attached hydrogens (tertiary/aromatic N) is 4. The van der Waals surface area contributed by atoms with Gasteiger partial charge in [-0.3, -0.25) is 19.4 Å². The van der Waals surface area contributed by atoms with Crippen LogP contribution in [0.25, 0.3) is 0 Å². The van der Waals surface area contributed by atoms with Crippen molar-refractivity contribution in [3.63, 3.8) is 0 Å². The fraction of sp³-hybridized carbons (Fsp3) is 0.417. The summed E-state index contributed by atoms with van der Waals surface area (Å²) in [6, 6.07) is 0. The van der Waals surface area contributed by atoms with Crippen LogP contribution in [0.4, 0.5) is 0 Å². The monoisotopic (exact) mass is 308 g/mol. The molecule has 112 valence electrons. The Balaban J connectivity index is 2.08. The van der Waals surface area contributed by atoms with Gasteiger partial charge in [0, 0.05) is 31.5 Å². The predicted molar refractivity (Wildman–Crippen MR) is 78.3 cm³/mol. The van der Waals surface area contributed by atoms with Crippen LogP contribution < -0.4 is 16.4 Å². The van der Waals surface area contributed by atoms with Gasteiger partial charge < -0.3 is 5.32 Å². The minimum absolute atomic E-state index is 0.330. The van der Waals surface area contributed by atoms with Gasteiger partial charge in [0.05, 0.1) is 0 Å². The summed E-state index contributed by atoms with van der Waals surface area (Å²) in [6.07, 6.45) is 4.52. The Kier molecular flexibility index (Phi) is 5.23. The van der Waals surface area contributed by atoms with Crippen molar-refractivity contribution < 1.29 is 0 Å². The van der Waals surface area contributed by atoms with Gasteiger partial charge in [-0.2, -0.15) is 4.98 Å². The highest BCUT2D eigenvalue weighted by Gasteiger charge is 2.08. The maximum Gasteiger partial charge on any atom is 0.339 e. The first kappa shape index (κ1) is 15.4. The molecule has 0 unspecified atom stereocenters. The summed E-state index contributed by atoms with van der Waals surface area (Å²) in [5.74, 6) is 0. The Labute approximate surface area is 125 Å². The molecule has 0 spiro atoms. The number of nitrogens with one attached hydrogen (secondary N) is 2. The average Bonchev–Trinajstić information content (AvgIpc) is 2.47. The smallest absolute Gasteiger partial charge is 0.313 e. The summed E-state index contributed by atoms with van der Waals surface area (Å²) < 4.78 is 1.37. The molecule has 2 aromatic heterocycles. The van der Waals surface area contributed by atoms with Crippen molar-refractivity contribution in [2.45, 2.75) is 30.2 Å². The van der Waals surface area contributed by atoms with Gasteiger partial charge >= 0.3 is 11.1 Å². The normalized spacial score (nSPS) is 10.8. The second kappa shape index (κ2) is 7.14. The molecule has 2 N–H and O–H groups in total. The van der Waals surface area contributed by atoms with E-state index in [-0.39, 0.29) is 0 Å². The molecule has 8 nitrogen and oxygen atoms in total. The number of hydrogen-bond acceptors (Lipinski definition) is 7. The fourth-order valence-electron chi connectivity index (χ4n) is 1.53. The lowest BCUT2D eigenvalue weighted by Crippen LogP contribution is -2.33. The van der Waals surface area contributed by atoms with Crippen LogP contribution in [0.2, 0.25) is 0 Å². The van der Waals surface area contributed by atoms with Gasteiger partial charge in [-0.25, -0.2) is 9.97 Å². The number of aromatic nitrogens is 5. The van der Waals surface area contributed by atoms with Crippen LogP contribution in [-0.2, 0) is 13.6 Å². The van der Waals surface area contributed by atoms with Crippen LogP contribution in [0.5, 0.6) is 0 Å². The van der Waals surface area contributed by atoms with E-state index in [1.165, 1.54) is 4.68 Å². The first-order valence-electron chi connectivity index (χ1n) is 6.47. The molecule has 0 amide bonds. The van der Waals surface area contributed by atoms with Gasteiger partial charge in [-0.15, -0.1) is 0 Å². The highest BCUT2D eigenvalue weighted by molar-refractivity contribution is 7.99. The van der Waals surface area contributed by atoms with Crippen LogP contribution in [0, 0.1) is 0 Å². The van der Waals surface area contributed by atoms with Crippen LogP contribution in [0.3, 0.4) is 0 Å². The Morgan fingerprint density at radius 1 is 1.33 bits per heavy atom. The molecule has 2 aromatic rings. The molecular formula is C12H16N6O2S. The zero-order valence-electron chi connectivity index (χ0n) is 11.8. The molecule has 0 saturated heterocycles. The van der Waals surface area contributed by atoms with E-state index in [1.807, 2.05) is 0 Å². The van der Waals surface area contributed by atoms with E-state index in [0.717, 1.165) is 30.3 Å². The first-order chi connectivity index (χ1) is 10.1. The lowest BCUT2D eigenvalue weighted by molar-refractivity contribution is 0.595. The Morgan fingerprint density at radius 2 is 2.05 bits per heavy atom. The summed E-state index contributed by atoms with van der Waals surface area (Å²) >= 11 is 1.11. The molecular weight excluding hydrogens is 292 g/mol. The molecule has 0 aromatic carbocycles. The molecule has 0 aliphatic heterocycles. The summed E-state index contributed by atoms with van der Waals surface area (Å²) in [5, 5.41) is 6.42. The average molecular weight is 308 g/mol. The van der Waals surface area contributed by atoms with Gasteiger partial charge in [-0.1, -0.05) is 6.92 Å². The predicted octanol–water partition coefficient (Wildman–Crippen LogP) is -0.0906. The van der Waals surface area contributed by atoms with E-state index in [2.05, 4.69) is 32.3 Å². The molecule has 0 radical (unpaired) electrons. The maximum absolute atomic E-state index is 11.3. The van der Waals surface area contributed by atoms with E-state index in [0.29, 0.717) is 16.9 Å². The number of rotatable bonds is 6. The van der Waals surface area contributed by atoms with E-state index in [1.54, 1.807) is 19.4 Å². The molecule has 2 heterocycles. The zero-order chi connectivity index (χ0) is 15.2. The third-order valence-electron chi connectivity index (χ3n) is 2.57. The van der Waals surface area contributed by atoms with Crippen molar-refractivity contribution in [3.8, 4) is 0 Å². The SMILES string of the molecule is CCCNCc1cnc(Sc2nc(=O)c(=O)[nH]n2C)nc1. The van der Waals surface area contributed by atoms with Crippen molar-refractivity contribution >= 4 is 11.8 Å². The van der Waals surface area contributed by atoms with Gasteiger partial charge in [0.15, 0.2) is 10.3 Å². The van der Waals surface area contributed by atoms with E-state index >= 15 is 0 Å². The van der Waals surface area contributed by atoms with Crippen LogP contribution in [0.15, 0.2) is 32.3 Å². The standard InChI is InChI=1S/C12H16N6O2S/c1-3-4-13-5-8-6-14-11(15-7-8)21-12-16-9(19)10(20)17-18(12)2/h6-7,13H,3-5H2,1-2H3,(H,17,20). The molecule has 0 aliphatic carbocycles. The minimum atomic E-state index is -0.823. The van der Waals surface area contributed by atoms with Gasteiger partial charge in [-0.05, 0) is 24.7 Å². The van der Waals surface area contributed by atoms with Crippen molar-refractivity contribution in [1.29, 1.82) is 0 Å². The van der Waals surface area contributed by atoms with E-state index in [9.17, 15) is 9.59 Å². The third-order valence-corrected chi connectivity index (χ3v) is 3.51. The molecule has 0 saturated carbocycles. The van der Waals surface area contributed by atoms with Crippen molar-refractivity contribution in [1.82, 2.24) is 30.0 Å². The summed E-state index contributed by atoms with van der Waals surface area (Å²) in [5.41, 5.74) is -0.591. The minimum Gasteiger partial charge on any atom is -0.313 e. The quantitative estimate of drug-likeness (QED) is 0.436. The lowest BCUT2D eigenvalue weighted by atomic mass is 10.3. The molecule has 0 fully saturated rings. The second-order valence-corrected chi connectivity index (χ2v) is 5.29. The maximum atomic E-state index is 11.3. The molecule has 0 aliphatic rings. The number of H-pyrrole nitrogens is 1. The Bertz CT molecular complexity index is 709. The van der Waals surface area contributed by atoms with Crippen molar-refractivity contribution in [3.05, 3.63) is 38.7 Å². The first-order valence-corrected chi connectivity index (χ1v) is 7.28. The van der Waals surface area contributed by atoms with Gasteiger partial charge in [0.2, 0.25) is 0 Å². The van der Waals surface area contributed by atoms with Crippen LogP contribution in [0.1, 0.15) is 18.9 Å². The largest absolute Gasteiger partial charge is 0.339 e. The topological polar surface area (TPSA) is 106 Å². The molecule has 21 heavy (non-hydrogen) atoms. The molecule has 0 bridgehead atoms. The van der Waals surface area contributed by atoms with E-state index < -0.39 is 11.1 Å². The van der Waals surface area contributed by atoms with E-state index in [4.69, 9.17) is 0 Å². The van der Waals surface area contributed by atoms with Crippen molar-refractivity contribution in [2.75, 3.05) is 6.54 Å². The summed E-state index contributed by atoms with van der Waals surface area (Å²) in [4.78, 5) is 34.5. The molecule has 0 atom stereocenters.